The second-order valence-corrected chi connectivity index (χ2v) is 6.65. The predicted octanol–water partition coefficient (Wildman–Crippen LogP) is 2.59. The molecule has 0 aliphatic heterocycles. The number of carbonyl (C=O) groups excluding carboxylic acids is 1. The number of benzene rings is 1. The molecule has 1 saturated carbocycles. The summed E-state index contributed by atoms with van der Waals surface area (Å²) in [5.74, 6) is 5.93. The smallest absolute Gasteiger partial charge is 0.170 e. The highest BCUT2D eigenvalue weighted by Crippen LogP contribution is 2.58. The van der Waals surface area contributed by atoms with Gasteiger partial charge in [0.15, 0.2) is 11.4 Å². The van der Waals surface area contributed by atoms with E-state index in [9.17, 15) is 9.90 Å². The number of nitrogens with zero attached hydrogens (tertiary/aromatic N) is 1. The summed E-state index contributed by atoms with van der Waals surface area (Å²) in [6.45, 7) is 2.69. The van der Waals surface area contributed by atoms with Crippen LogP contribution in [0.3, 0.4) is 0 Å². The van der Waals surface area contributed by atoms with Gasteiger partial charge in [-0.05, 0) is 32.5 Å². The molecule has 0 bridgehead atoms. The van der Waals surface area contributed by atoms with E-state index in [2.05, 4.69) is 11.8 Å². The molecule has 1 aliphatic carbocycles. The molecule has 1 fully saturated rings. The maximum atomic E-state index is 12.7. The molecule has 1 unspecified atom stereocenters. The Balaban J connectivity index is 2.10. The van der Waals surface area contributed by atoms with Gasteiger partial charge >= 0.3 is 0 Å². The van der Waals surface area contributed by atoms with Gasteiger partial charge in [-0.1, -0.05) is 43.2 Å². The summed E-state index contributed by atoms with van der Waals surface area (Å²) in [5, 5.41) is 11.2. The van der Waals surface area contributed by atoms with E-state index >= 15 is 0 Å². The first-order chi connectivity index (χ1) is 10.4. The van der Waals surface area contributed by atoms with Gasteiger partial charge in [-0.2, -0.15) is 0 Å². The number of hydrogen-bond acceptors (Lipinski definition) is 3. The quantitative estimate of drug-likeness (QED) is 0.821. The Kier molecular flexibility index (Phi) is 5.05. The second kappa shape index (κ2) is 6.64. The molecule has 22 heavy (non-hydrogen) atoms. The summed E-state index contributed by atoms with van der Waals surface area (Å²) in [6, 6.07) is 9.33. The highest BCUT2D eigenvalue weighted by atomic mass is 16.3. The molecule has 0 saturated heterocycles. The molecule has 0 aromatic heterocycles. The van der Waals surface area contributed by atoms with Crippen LogP contribution in [0, 0.1) is 17.3 Å². The SMILES string of the molecule is CN(C)CC#CCCC(=O)C(O)(c1ccccc1)C1(C)CC1. The van der Waals surface area contributed by atoms with E-state index in [-0.39, 0.29) is 11.2 Å². The van der Waals surface area contributed by atoms with E-state index in [1.54, 1.807) is 0 Å². The lowest BCUT2D eigenvalue weighted by atomic mass is 9.75. The van der Waals surface area contributed by atoms with Crippen molar-refractivity contribution in [3.8, 4) is 11.8 Å². The fraction of sp³-hybridized carbons (Fsp3) is 0.526. The van der Waals surface area contributed by atoms with Crippen molar-refractivity contribution in [1.82, 2.24) is 4.90 Å². The molecular weight excluding hydrogens is 274 g/mol. The zero-order chi connectivity index (χ0) is 16.2. The highest BCUT2D eigenvalue weighted by molar-refractivity contribution is 5.90. The Hall–Kier alpha value is -1.63. The van der Waals surface area contributed by atoms with E-state index in [0.29, 0.717) is 24.9 Å². The average molecular weight is 299 g/mol. The highest BCUT2D eigenvalue weighted by Gasteiger charge is 2.59. The van der Waals surface area contributed by atoms with E-state index in [1.165, 1.54) is 0 Å². The lowest BCUT2D eigenvalue weighted by Crippen LogP contribution is -2.43. The molecule has 2 rings (SSSR count). The van der Waals surface area contributed by atoms with Crippen molar-refractivity contribution < 1.29 is 9.90 Å². The molecule has 1 atom stereocenters. The van der Waals surface area contributed by atoms with Crippen molar-refractivity contribution in [2.45, 2.75) is 38.2 Å². The van der Waals surface area contributed by atoms with Crippen LogP contribution < -0.4 is 0 Å². The Bertz CT molecular complexity index is 578. The topological polar surface area (TPSA) is 40.5 Å². The van der Waals surface area contributed by atoms with Crippen LogP contribution in [-0.4, -0.2) is 36.4 Å². The third-order valence-electron chi connectivity index (χ3n) is 4.47. The lowest BCUT2D eigenvalue weighted by molar-refractivity contribution is -0.146. The van der Waals surface area contributed by atoms with Gasteiger partial charge in [-0.15, -0.1) is 5.92 Å². The summed E-state index contributed by atoms with van der Waals surface area (Å²) in [6.07, 6.45) is 2.56. The lowest BCUT2D eigenvalue weighted by Gasteiger charge is -2.33. The van der Waals surface area contributed by atoms with Gasteiger partial charge in [0, 0.05) is 18.3 Å². The molecule has 0 heterocycles. The van der Waals surface area contributed by atoms with Crippen molar-refractivity contribution in [2.75, 3.05) is 20.6 Å². The normalized spacial score (nSPS) is 18.2. The van der Waals surface area contributed by atoms with Crippen LogP contribution in [0.4, 0.5) is 0 Å². The number of aliphatic hydroxyl groups is 1. The molecule has 0 amide bonds. The molecule has 0 spiro atoms. The fourth-order valence-electron chi connectivity index (χ4n) is 2.73. The molecule has 3 nitrogen and oxygen atoms in total. The molecular formula is C19H25NO2. The maximum absolute atomic E-state index is 12.7. The molecule has 118 valence electrons. The summed E-state index contributed by atoms with van der Waals surface area (Å²) >= 11 is 0. The monoisotopic (exact) mass is 299 g/mol. The van der Waals surface area contributed by atoms with E-state index in [1.807, 2.05) is 56.3 Å². The number of ketones is 1. The molecule has 1 aliphatic rings. The van der Waals surface area contributed by atoms with Gasteiger partial charge in [-0.25, -0.2) is 0 Å². The summed E-state index contributed by atoms with van der Waals surface area (Å²) in [7, 11) is 3.92. The van der Waals surface area contributed by atoms with Crippen LogP contribution in [0.1, 0.15) is 38.2 Å². The van der Waals surface area contributed by atoms with Crippen LogP contribution in [0.5, 0.6) is 0 Å². The van der Waals surface area contributed by atoms with Crippen LogP contribution >= 0.6 is 0 Å². The van der Waals surface area contributed by atoms with Crippen molar-refractivity contribution in [2.24, 2.45) is 5.41 Å². The van der Waals surface area contributed by atoms with Crippen molar-refractivity contribution >= 4 is 5.78 Å². The number of rotatable bonds is 6. The van der Waals surface area contributed by atoms with Gasteiger partial charge in [0.25, 0.3) is 0 Å². The average Bonchev–Trinajstić information content (AvgIpc) is 3.25. The minimum atomic E-state index is -1.38. The Morgan fingerprint density at radius 1 is 1.27 bits per heavy atom. The molecule has 1 aromatic carbocycles. The van der Waals surface area contributed by atoms with Crippen LogP contribution in [0.25, 0.3) is 0 Å². The third kappa shape index (κ3) is 3.40. The minimum absolute atomic E-state index is 0.113. The van der Waals surface area contributed by atoms with E-state index in [4.69, 9.17) is 0 Å². The predicted molar refractivity (Wildman–Crippen MR) is 88.3 cm³/mol. The molecule has 1 aromatic rings. The van der Waals surface area contributed by atoms with E-state index < -0.39 is 5.60 Å². The van der Waals surface area contributed by atoms with Gasteiger partial charge in [0.05, 0.1) is 6.54 Å². The second-order valence-electron chi connectivity index (χ2n) is 6.65. The van der Waals surface area contributed by atoms with Gasteiger partial charge in [0.1, 0.15) is 0 Å². The Morgan fingerprint density at radius 2 is 1.91 bits per heavy atom. The maximum Gasteiger partial charge on any atom is 0.170 e. The number of hydrogen-bond donors (Lipinski definition) is 1. The first-order valence-corrected chi connectivity index (χ1v) is 7.82. The van der Waals surface area contributed by atoms with Crippen LogP contribution in [0.15, 0.2) is 30.3 Å². The number of Topliss-reactive ketones (excluding diaryl/α,β-unsaturated/α-hetero) is 1. The van der Waals surface area contributed by atoms with Crippen LogP contribution in [-0.2, 0) is 10.4 Å². The standard InChI is InChI=1S/C19H25NO2/c1-18(13-14-18)19(22,16-10-6-4-7-11-16)17(21)12-8-5-9-15-20(2)3/h4,6-7,10-11,22H,8,12-15H2,1-3H3. The Morgan fingerprint density at radius 3 is 2.45 bits per heavy atom. The number of carbonyl (C=O) groups is 1. The Labute approximate surface area is 133 Å². The summed E-state index contributed by atoms with van der Waals surface area (Å²) in [5.41, 5.74) is -0.999. The minimum Gasteiger partial charge on any atom is -0.377 e. The summed E-state index contributed by atoms with van der Waals surface area (Å²) < 4.78 is 0. The van der Waals surface area contributed by atoms with Crippen molar-refractivity contribution in [1.29, 1.82) is 0 Å². The molecule has 3 heteroatoms. The first kappa shape index (κ1) is 16.7. The van der Waals surface area contributed by atoms with Crippen LogP contribution in [0.2, 0.25) is 0 Å². The van der Waals surface area contributed by atoms with E-state index in [0.717, 1.165) is 12.8 Å². The first-order valence-electron chi connectivity index (χ1n) is 7.82. The van der Waals surface area contributed by atoms with Crippen molar-refractivity contribution in [3.05, 3.63) is 35.9 Å². The zero-order valence-electron chi connectivity index (χ0n) is 13.7. The van der Waals surface area contributed by atoms with Gasteiger partial charge in [-0.3, -0.25) is 9.69 Å². The largest absolute Gasteiger partial charge is 0.377 e. The molecule has 0 radical (unpaired) electrons. The molecule has 1 N–H and O–H groups in total. The summed E-state index contributed by atoms with van der Waals surface area (Å²) in [4.78, 5) is 14.7. The van der Waals surface area contributed by atoms with Crippen molar-refractivity contribution in [3.63, 3.8) is 0 Å². The fourth-order valence-corrected chi connectivity index (χ4v) is 2.73. The van der Waals surface area contributed by atoms with Gasteiger partial charge < -0.3 is 5.11 Å². The van der Waals surface area contributed by atoms with Gasteiger partial charge in [0.2, 0.25) is 0 Å². The zero-order valence-corrected chi connectivity index (χ0v) is 13.7. The third-order valence-corrected chi connectivity index (χ3v) is 4.47.